The molecule has 1 rings (SSSR count). The maximum atomic E-state index is 11.0. The molecule has 0 aromatic rings. The van der Waals surface area contributed by atoms with Crippen LogP contribution in [0.1, 0.15) is 13.3 Å². The fraction of sp³-hybridized carbons (Fsp3) is 0.375. The first kappa shape index (κ1) is 13.4. The normalized spacial score (nSPS) is 18.5. The van der Waals surface area contributed by atoms with E-state index < -0.39 is 0 Å². The van der Waals surface area contributed by atoms with Crippen LogP contribution < -0.4 is 0 Å². The molecule has 0 saturated heterocycles. The van der Waals surface area contributed by atoms with Crippen LogP contribution in [-0.2, 0) is 9.53 Å². The molecule has 0 bridgehead atoms. The average molecular weight is 377 g/mol. The van der Waals surface area contributed by atoms with Gasteiger partial charge >= 0.3 is 5.97 Å². The Hall–Kier alpha value is 0.390. The molecule has 0 unspecified atom stereocenters. The number of esters is 1. The minimum atomic E-state index is -0.259. The SMILES string of the molecule is CBr.CCC1=C(Br)/C(=C/Br)OC1=O. The van der Waals surface area contributed by atoms with E-state index in [1.807, 2.05) is 12.8 Å². The van der Waals surface area contributed by atoms with Gasteiger partial charge in [0.05, 0.1) is 10.1 Å². The highest BCUT2D eigenvalue weighted by Gasteiger charge is 2.26. The van der Waals surface area contributed by atoms with E-state index in [1.54, 1.807) is 4.99 Å². The first-order chi connectivity index (χ1) is 6.20. The molecular weight excluding hydrogens is 368 g/mol. The summed E-state index contributed by atoms with van der Waals surface area (Å²) in [5, 5.41) is 0. The number of rotatable bonds is 1. The molecule has 0 fully saturated rings. The number of carbonyl (C=O) groups is 1. The quantitative estimate of drug-likeness (QED) is 0.513. The third-order valence-electron chi connectivity index (χ3n) is 1.38. The molecule has 0 amide bonds. The molecule has 0 aromatic heterocycles. The van der Waals surface area contributed by atoms with Crippen molar-refractivity contribution in [2.75, 3.05) is 5.83 Å². The summed E-state index contributed by atoms with van der Waals surface area (Å²) < 4.78 is 5.63. The zero-order valence-corrected chi connectivity index (χ0v) is 12.0. The summed E-state index contributed by atoms with van der Waals surface area (Å²) >= 11 is 9.30. The third kappa shape index (κ3) is 3.22. The lowest BCUT2D eigenvalue weighted by Crippen LogP contribution is -1.96. The van der Waals surface area contributed by atoms with Gasteiger partial charge in [-0.25, -0.2) is 4.79 Å². The standard InChI is InChI=1S/C7H6Br2O2.CH3Br/c1-2-4-6(9)5(3-8)11-7(4)10;1-2/h3H,2H2,1H3;1H3/b5-3-;. The Kier molecular flexibility index (Phi) is 6.99. The van der Waals surface area contributed by atoms with Gasteiger partial charge in [0.2, 0.25) is 0 Å². The number of cyclic esters (lactones) is 1. The van der Waals surface area contributed by atoms with E-state index in [0.29, 0.717) is 17.8 Å². The van der Waals surface area contributed by atoms with Gasteiger partial charge in [-0.1, -0.05) is 38.8 Å². The molecule has 0 saturated carbocycles. The molecule has 1 aliphatic rings. The van der Waals surface area contributed by atoms with Crippen LogP contribution in [0.2, 0.25) is 0 Å². The summed E-state index contributed by atoms with van der Waals surface area (Å²) in [5.41, 5.74) is 0.690. The van der Waals surface area contributed by atoms with Crippen molar-refractivity contribution < 1.29 is 9.53 Å². The second kappa shape index (κ2) is 6.79. The molecule has 2 nitrogen and oxygen atoms in total. The van der Waals surface area contributed by atoms with E-state index in [1.165, 1.54) is 0 Å². The Balaban J connectivity index is 0.000000671. The number of hydrogen-bond donors (Lipinski definition) is 0. The first-order valence-corrected chi connectivity index (χ1v) is 6.79. The highest BCUT2D eigenvalue weighted by Crippen LogP contribution is 2.32. The Morgan fingerprint density at radius 2 is 2.00 bits per heavy atom. The molecule has 1 heterocycles. The van der Waals surface area contributed by atoms with Crippen LogP contribution in [-0.4, -0.2) is 11.8 Å². The molecule has 0 radical (unpaired) electrons. The van der Waals surface area contributed by atoms with E-state index in [4.69, 9.17) is 4.74 Å². The van der Waals surface area contributed by atoms with Crippen LogP contribution in [0.5, 0.6) is 0 Å². The lowest BCUT2D eigenvalue weighted by atomic mass is 10.2. The van der Waals surface area contributed by atoms with Gasteiger partial charge in [0.15, 0.2) is 5.76 Å². The largest absolute Gasteiger partial charge is 0.421 e. The van der Waals surface area contributed by atoms with E-state index >= 15 is 0 Å². The highest BCUT2D eigenvalue weighted by molar-refractivity contribution is 9.12. The van der Waals surface area contributed by atoms with E-state index in [2.05, 4.69) is 47.8 Å². The van der Waals surface area contributed by atoms with Crippen molar-refractivity contribution in [2.45, 2.75) is 13.3 Å². The molecule has 13 heavy (non-hydrogen) atoms. The van der Waals surface area contributed by atoms with Crippen molar-refractivity contribution in [2.24, 2.45) is 0 Å². The van der Waals surface area contributed by atoms with Crippen LogP contribution in [0.3, 0.4) is 0 Å². The van der Waals surface area contributed by atoms with Gasteiger partial charge in [-0.15, -0.1) is 0 Å². The summed E-state index contributed by atoms with van der Waals surface area (Å²) in [5.74, 6) is 2.10. The van der Waals surface area contributed by atoms with E-state index in [0.717, 1.165) is 4.48 Å². The van der Waals surface area contributed by atoms with Crippen molar-refractivity contribution >= 4 is 53.8 Å². The maximum Gasteiger partial charge on any atom is 0.340 e. The number of allylic oxidation sites excluding steroid dienone is 1. The molecule has 0 atom stereocenters. The number of alkyl halides is 1. The van der Waals surface area contributed by atoms with Gasteiger partial charge in [0.1, 0.15) is 0 Å². The van der Waals surface area contributed by atoms with Gasteiger partial charge in [0.25, 0.3) is 0 Å². The van der Waals surface area contributed by atoms with Crippen molar-refractivity contribution in [3.8, 4) is 0 Å². The second-order valence-corrected chi connectivity index (χ2v) is 3.26. The number of halogens is 3. The summed E-state index contributed by atoms with van der Waals surface area (Å²) in [7, 11) is 0. The van der Waals surface area contributed by atoms with Crippen LogP contribution in [0.15, 0.2) is 20.8 Å². The van der Waals surface area contributed by atoms with Crippen molar-refractivity contribution in [3.05, 3.63) is 20.8 Å². The smallest absolute Gasteiger partial charge is 0.340 e. The summed E-state index contributed by atoms with van der Waals surface area (Å²) in [4.78, 5) is 12.6. The molecule has 0 spiro atoms. The predicted molar refractivity (Wildman–Crippen MR) is 64.2 cm³/mol. The fourth-order valence-electron chi connectivity index (χ4n) is 0.814. The monoisotopic (exact) mass is 374 g/mol. The molecule has 74 valence electrons. The molecule has 0 aliphatic carbocycles. The lowest BCUT2D eigenvalue weighted by Gasteiger charge is -1.92. The molecule has 1 aliphatic heterocycles. The van der Waals surface area contributed by atoms with Gasteiger partial charge in [0, 0.05) is 4.99 Å². The van der Waals surface area contributed by atoms with Crippen molar-refractivity contribution in [3.63, 3.8) is 0 Å². The summed E-state index contributed by atoms with van der Waals surface area (Å²) in [6.07, 6.45) is 0.684. The first-order valence-electron chi connectivity index (χ1n) is 3.50. The van der Waals surface area contributed by atoms with Gasteiger partial charge in [-0.2, -0.15) is 0 Å². The molecule has 5 heteroatoms. The van der Waals surface area contributed by atoms with Crippen LogP contribution >= 0.6 is 47.8 Å². The minimum absolute atomic E-state index is 0.259. The molecule has 0 N–H and O–H groups in total. The highest BCUT2D eigenvalue weighted by atomic mass is 79.9. The van der Waals surface area contributed by atoms with Crippen molar-refractivity contribution in [1.82, 2.24) is 0 Å². The maximum absolute atomic E-state index is 11.0. The topological polar surface area (TPSA) is 26.3 Å². The predicted octanol–water partition coefficient (Wildman–Crippen LogP) is 3.85. The summed E-state index contributed by atoms with van der Waals surface area (Å²) in [6.45, 7) is 1.91. The number of hydrogen-bond acceptors (Lipinski definition) is 2. The Bertz CT molecular complexity index is 256. The van der Waals surface area contributed by atoms with Gasteiger partial charge in [-0.05, 0) is 28.2 Å². The van der Waals surface area contributed by atoms with E-state index in [-0.39, 0.29) is 5.97 Å². The van der Waals surface area contributed by atoms with Gasteiger partial charge < -0.3 is 4.74 Å². The zero-order valence-electron chi connectivity index (χ0n) is 7.23. The number of carbonyl (C=O) groups excluding carboxylic acids is 1. The van der Waals surface area contributed by atoms with Crippen molar-refractivity contribution in [1.29, 1.82) is 0 Å². The minimum Gasteiger partial charge on any atom is -0.421 e. The Labute approximate surface area is 103 Å². The fourth-order valence-corrected chi connectivity index (χ4v) is 2.08. The van der Waals surface area contributed by atoms with Gasteiger partial charge in [-0.3, -0.25) is 0 Å². The van der Waals surface area contributed by atoms with Crippen LogP contribution in [0.4, 0.5) is 0 Å². The Morgan fingerprint density at radius 1 is 1.46 bits per heavy atom. The summed E-state index contributed by atoms with van der Waals surface area (Å²) in [6, 6.07) is 0. The number of ether oxygens (including phenoxy) is 1. The molecular formula is C8H9Br3O2. The third-order valence-corrected chi connectivity index (χ3v) is 2.67. The Morgan fingerprint density at radius 3 is 2.23 bits per heavy atom. The molecule has 0 aromatic carbocycles. The second-order valence-electron chi connectivity index (χ2n) is 2.01. The van der Waals surface area contributed by atoms with E-state index in [9.17, 15) is 4.79 Å². The lowest BCUT2D eigenvalue weighted by molar-refractivity contribution is -0.133. The van der Waals surface area contributed by atoms with Crippen LogP contribution in [0, 0.1) is 0 Å². The average Bonchev–Trinajstić information content (AvgIpc) is 2.44. The zero-order chi connectivity index (χ0) is 10.4. The van der Waals surface area contributed by atoms with Crippen LogP contribution in [0.25, 0.3) is 0 Å².